The van der Waals surface area contributed by atoms with Gasteiger partial charge in [-0.1, -0.05) is 31.0 Å². The lowest BCUT2D eigenvalue weighted by atomic mass is 10.1. The average Bonchev–Trinajstić information content (AvgIpc) is 2.79. The first kappa shape index (κ1) is 11.8. The predicted octanol–water partition coefficient (Wildman–Crippen LogP) is 3.50. The molecular weight excluding hydrogens is 210 g/mol. The van der Waals surface area contributed by atoms with Crippen LogP contribution in [-0.2, 0) is 0 Å². The standard InChI is InChI=1S/C15H17NO/c1-4-13(5-2)16-11(3)15-10-12-8-6-7-9-14(12)17-15/h1,6-11,13,16H,5H2,2-3H3. The third-order valence-electron chi connectivity index (χ3n) is 2.93. The fraction of sp³-hybridized carbons (Fsp3) is 0.333. The molecule has 2 aromatic rings. The molecule has 0 aliphatic carbocycles. The third kappa shape index (κ3) is 2.51. The summed E-state index contributed by atoms with van der Waals surface area (Å²) in [6, 6.07) is 10.3. The maximum absolute atomic E-state index is 5.79. The molecule has 0 spiro atoms. The molecule has 1 heterocycles. The molecule has 0 amide bonds. The maximum Gasteiger partial charge on any atom is 0.134 e. The summed E-state index contributed by atoms with van der Waals surface area (Å²) in [5, 5.41) is 4.49. The second-order valence-electron chi connectivity index (χ2n) is 4.20. The van der Waals surface area contributed by atoms with Gasteiger partial charge in [-0.15, -0.1) is 6.42 Å². The zero-order chi connectivity index (χ0) is 12.3. The smallest absolute Gasteiger partial charge is 0.134 e. The number of hydrogen-bond donors (Lipinski definition) is 1. The van der Waals surface area contributed by atoms with E-state index in [0.717, 1.165) is 23.2 Å². The lowest BCUT2D eigenvalue weighted by Crippen LogP contribution is -2.29. The van der Waals surface area contributed by atoms with Gasteiger partial charge in [-0.25, -0.2) is 0 Å². The number of benzene rings is 1. The quantitative estimate of drug-likeness (QED) is 0.809. The van der Waals surface area contributed by atoms with Crippen LogP contribution in [0.5, 0.6) is 0 Å². The maximum atomic E-state index is 5.79. The van der Waals surface area contributed by atoms with E-state index in [1.165, 1.54) is 0 Å². The first-order valence-electron chi connectivity index (χ1n) is 5.95. The third-order valence-corrected chi connectivity index (χ3v) is 2.93. The Morgan fingerprint density at radius 1 is 1.41 bits per heavy atom. The molecule has 1 N–H and O–H groups in total. The molecule has 2 atom stereocenters. The van der Waals surface area contributed by atoms with Gasteiger partial charge in [0, 0.05) is 5.39 Å². The highest BCUT2D eigenvalue weighted by molar-refractivity contribution is 5.77. The van der Waals surface area contributed by atoms with Crippen LogP contribution in [0.2, 0.25) is 0 Å². The Morgan fingerprint density at radius 3 is 2.82 bits per heavy atom. The Bertz CT molecular complexity index is 502. The minimum Gasteiger partial charge on any atom is -0.459 e. The fourth-order valence-electron chi connectivity index (χ4n) is 1.88. The van der Waals surface area contributed by atoms with Gasteiger partial charge in [0.05, 0.1) is 12.1 Å². The number of hydrogen-bond acceptors (Lipinski definition) is 2. The SMILES string of the molecule is C#CC(CC)NC(C)c1cc2ccccc2o1. The van der Waals surface area contributed by atoms with Gasteiger partial charge in [-0.05, 0) is 25.5 Å². The molecule has 88 valence electrons. The lowest BCUT2D eigenvalue weighted by molar-refractivity contribution is 0.428. The predicted molar refractivity (Wildman–Crippen MR) is 70.7 cm³/mol. The first-order valence-corrected chi connectivity index (χ1v) is 5.95. The van der Waals surface area contributed by atoms with E-state index in [4.69, 9.17) is 10.8 Å². The van der Waals surface area contributed by atoms with Crippen molar-refractivity contribution in [1.29, 1.82) is 0 Å². The van der Waals surface area contributed by atoms with Crippen LogP contribution in [0.4, 0.5) is 0 Å². The summed E-state index contributed by atoms with van der Waals surface area (Å²) in [5.74, 6) is 3.66. The Labute approximate surface area is 102 Å². The molecule has 0 saturated carbocycles. The van der Waals surface area contributed by atoms with Crippen LogP contribution in [-0.4, -0.2) is 6.04 Å². The number of terminal acetylenes is 1. The number of fused-ring (bicyclic) bond motifs is 1. The summed E-state index contributed by atoms with van der Waals surface area (Å²) in [5.41, 5.74) is 0.921. The second-order valence-corrected chi connectivity index (χ2v) is 4.20. The van der Waals surface area contributed by atoms with Crippen LogP contribution >= 0.6 is 0 Å². The van der Waals surface area contributed by atoms with Gasteiger partial charge in [0.15, 0.2) is 0 Å². The summed E-state index contributed by atoms with van der Waals surface area (Å²) in [7, 11) is 0. The molecule has 0 aliphatic heterocycles. The lowest BCUT2D eigenvalue weighted by Gasteiger charge is -2.15. The van der Waals surface area contributed by atoms with Crippen LogP contribution in [0.1, 0.15) is 32.1 Å². The summed E-state index contributed by atoms with van der Waals surface area (Å²) in [6.07, 6.45) is 6.36. The van der Waals surface area contributed by atoms with Crippen molar-refractivity contribution in [3.63, 3.8) is 0 Å². The van der Waals surface area contributed by atoms with Crippen molar-refractivity contribution in [3.05, 3.63) is 36.1 Å². The van der Waals surface area contributed by atoms with E-state index in [9.17, 15) is 0 Å². The van der Waals surface area contributed by atoms with Crippen molar-refractivity contribution in [2.24, 2.45) is 0 Å². The molecule has 17 heavy (non-hydrogen) atoms. The highest BCUT2D eigenvalue weighted by Crippen LogP contribution is 2.23. The Kier molecular flexibility index (Phi) is 3.51. The van der Waals surface area contributed by atoms with Crippen molar-refractivity contribution < 1.29 is 4.42 Å². The monoisotopic (exact) mass is 227 g/mol. The molecule has 0 saturated heterocycles. The molecule has 2 nitrogen and oxygen atoms in total. The second kappa shape index (κ2) is 5.07. The molecule has 1 aromatic carbocycles. The molecule has 2 heteroatoms. The zero-order valence-corrected chi connectivity index (χ0v) is 10.2. The summed E-state index contributed by atoms with van der Waals surface area (Å²) < 4.78 is 5.79. The molecular formula is C15H17NO. The largest absolute Gasteiger partial charge is 0.459 e. The Balaban J connectivity index is 2.19. The summed E-state index contributed by atoms with van der Waals surface area (Å²) >= 11 is 0. The number of rotatable bonds is 4. The van der Waals surface area contributed by atoms with Gasteiger partial charge in [-0.3, -0.25) is 5.32 Å². The first-order chi connectivity index (χ1) is 8.24. The van der Waals surface area contributed by atoms with Crippen molar-refractivity contribution in [1.82, 2.24) is 5.32 Å². The van der Waals surface area contributed by atoms with Crippen molar-refractivity contribution >= 4 is 11.0 Å². The van der Waals surface area contributed by atoms with E-state index >= 15 is 0 Å². The molecule has 2 unspecified atom stereocenters. The average molecular weight is 227 g/mol. The summed E-state index contributed by atoms with van der Waals surface area (Å²) in [6.45, 7) is 4.14. The van der Waals surface area contributed by atoms with Crippen LogP contribution in [0, 0.1) is 12.3 Å². The minimum atomic E-state index is 0.0956. The number of nitrogens with one attached hydrogen (secondary N) is 1. The molecule has 0 bridgehead atoms. The van der Waals surface area contributed by atoms with Crippen molar-refractivity contribution in [3.8, 4) is 12.3 Å². The van der Waals surface area contributed by atoms with Crippen LogP contribution in [0.25, 0.3) is 11.0 Å². The fourth-order valence-corrected chi connectivity index (χ4v) is 1.88. The van der Waals surface area contributed by atoms with Crippen LogP contribution < -0.4 is 5.32 Å². The Hall–Kier alpha value is -1.72. The van der Waals surface area contributed by atoms with Crippen molar-refractivity contribution in [2.75, 3.05) is 0 Å². The zero-order valence-electron chi connectivity index (χ0n) is 10.2. The van der Waals surface area contributed by atoms with E-state index in [1.54, 1.807) is 0 Å². The van der Waals surface area contributed by atoms with Crippen LogP contribution in [0.3, 0.4) is 0 Å². The van der Waals surface area contributed by atoms with Gasteiger partial charge in [0.25, 0.3) is 0 Å². The van der Waals surface area contributed by atoms with E-state index in [2.05, 4.69) is 31.2 Å². The van der Waals surface area contributed by atoms with Gasteiger partial charge in [0.1, 0.15) is 11.3 Å². The van der Waals surface area contributed by atoms with Gasteiger partial charge >= 0.3 is 0 Å². The molecule has 0 radical (unpaired) electrons. The number of furan rings is 1. The highest BCUT2D eigenvalue weighted by atomic mass is 16.3. The van der Waals surface area contributed by atoms with Gasteiger partial charge < -0.3 is 4.42 Å². The van der Waals surface area contributed by atoms with Crippen LogP contribution in [0.15, 0.2) is 34.7 Å². The topological polar surface area (TPSA) is 25.2 Å². The molecule has 0 fully saturated rings. The molecule has 0 aliphatic rings. The van der Waals surface area contributed by atoms with E-state index in [0.29, 0.717) is 0 Å². The van der Waals surface area contributed by atoms with E-state index < -0.39 is 0 Å². The highest BCUT2D eigenvalue weighted by Gasteiger charge is 2.13. The molecule has 1 aromatic heterocycles. The van der Waals surface area contributed by atoms with E-state index in [1.807, 2.05) is 24.3 Å². The summed E-state index contributed by atoms with van der Waals surface area (Å²) in [4.78, 5) is 0. The van der Waals surface area contributed by atoms with E-state index in [-0.39, 0.29) is 12.1 Å². The number of para-hydroxylation sites is 1. The van der Waals surface area contributed by atoms with Gasteiger partial charge in [-0.2, -0.15) is 0 Å². The normalized spacial score (nSPS) is 14.4. The molecule has 2 rings (SSSR count). The minimum absolute atomic E-state index is 0.0956. The van der Waals surface area contributed by atoms with Crippen molar-refractivity contribution in [2.45, 2.75) is 32.4 Å². The Morgan fingerprint density at radius 2 is 2.18 bits per heavy atom. The van der Waals surface area contributed by atoms with Gasteiger partial charge in [0.2, 0.25) is 0 Å².